The van der Waals surface area contributed by atoms with E-state index in [9.17, 15) is 18.0 Å². The maximum Gasteiger partial charge on any atom is 0.405 e. The topological polar surface area (TPSA) is 46.4 Å². The van der Waals surface area contributed by atoms with Crippen LogP contribution in [0.3, 0.4) is 0 Å². The third-order valence-corrected chi connectivity index (χ3v) is 2.37. The van der Waals surface area contributed by atoms with Gasteiger partial charge in [0.05, 0.1) is 5.69 Å². The van der Waals surface area contributed by atoms with Gasteiger partial charge in [-0.1, -0.05) is 6.07 Å². The summed E-state index contributed by atoms with van der Waals surface area (Å²) in [6, 6.07) is 5.08. The van der Waals surface area contributed by atoms with Crippen molar-refractivity contribution in [3.05, 3.63) is 35.8 Å². The Hall–Kier alpha value is -2.05. The lowest BCUT2D eigenvalue weighted by molar-refractivity contribution is -0.123. The lowest BCUT2D eigenvalue weighted by atomic mass is 10.3. The quantitative estimate of drug-likeness (QED) is 0.893. The highest BCUT2D eigenvalue weighted by molar-refractivity contribution is 5.94. The molecule has 0 bridgehead atoms. The van der Waals surface area contributed by atoms with Crippen molar-refractivity contribution in [2.24, 2.45) is 0 Å². The van der Waals surface area contributed by atoms with Gasteiger partial charge < -0.3 is 5.32 Å². The van der Waals surface area contributed by atoms with Crippen molar-refractivity contribution < 1.29 is 18.0 Å². The number of carbonyl (C=O) groups is 1. The number of alkyl halides is 3. The van der Waals surface area contributed by atoms with Crippen LogP contribution in [-0.4, -0.2) is 28.0 Å². The molecule has 0 atom stereocenters. The molecular weight excluding hydrogens is 247 g/mol. The number of imidazole rings is 1. The van der Waals surface area contributed by atoms with Gasteiger partial charge >= 0.3 is 6.18 Å². The highest BCUT2D eigenvalue weighted by Crippen LogP contribution is 2.14. The van der Waals surface area contributed by atoms with E-state index in [-0.39, 0.29) is 5.69 Å². The van der Waals surface area contributed by atoms with E-state index in [0.29, 0.717) is 11.3 Å². The monoisotopic (exact) mass is 257 g/mol. The van der Waals surface area contributed by atoms with Gasteiger partial charge in [-0.2, -0.15) is 13.2 Å². The number of hydrogen-bond donors (Lipinski definition) is 1. The van der Waals surface area contributed by atoms with Gasteiger partial charge in [0.25, 0.3) is 5.91 Å². The van der Waals surface area contributed by atoms with Crippen LogP contribution >= 0.6 is 0 Å². The van der Waals surface area contributed by atoms with Crippen LogP contribution < -0.4 is 5.32 Å². The Morgan fingerprint density at radius 2 is 2.17 bits per heavy atom. The molecule has 0 spiro atoms. The van der Waals surface area contributed by atoms with E-state index in [2.05, 4.69) is 4.98 Å². The second kappa shape index (κ2) is 4.32. The number of aromatic nitrogens is 2. The first-order chi connectivity index (χ1) is 8.38. The smallest absolute Gasteiger partial charge is 0.342 e. The standard InChI is InChI=1S/C11H10F3N3O/c1-7-9(10(18)15-6-11(12,13)14)17-5-3-2-4-8(17)16-7/h2-5H,6H2,1H3,(H,15,18). The summed E-state index contributed by atoms with van der Waals surface area (Å²) in [6.45, 7) is 0.223. The van der Waals surface area contributed by atoms with Crippen molar-refractivity contribution >= 4 is 11.6 Å². The van der Waals surface area contributed by atoms with E-state index in [0.717, 1.165) is 0 Å². The van der Waals surface area contributed by atoms with Gasteiger partial charge in [-0.05, 0) is 19.1 Å². The van der Waals surface area contributed by atoms with Crippen LogP contribution in [0.1, 0.15) is 16.2 Å². The highest BCUT2D eigenvalue weighted by Gasteiger charge is 2.29. The van der Waals surface area contributed by atoms with Crippen LogP contribution in [0, 0.1) is 6.92 Å². The first kappa shape index (κ1) is 12.4. The molecule has 2 aromatic heterocycles. The first-order valence-electron chi connectivity index (χ1n) is 5.17. The maximum atomic E-state index is 12.0. The van der Waals surface area contributed by atoms with Gasteiger partial charge in [-0.15, -0.1) is 0 Å². The van der Waals surface area contributed by atoms with Crippen LogP contribution in [0.4, 0.5) is 13.2 Å². The molecular formula is C11H10F3N3O. The fraction of sp³-hybridized carbons (Fsp3) is 0.273. The van der Waals surface area contributed by atoms with Gasteiger partial charge in [0.2, 0.25) is 0 Å². The second-order valence-corrected chi connectivity index (χ2v) is 3.77. The number of fused-ring (bicyclic) bond motifs is 1. The van der Waals surface area contributed by atoms with Gasteiger partial charge in [0.15, 0.2) is 0 Å². The predicted octanol–water partition coefficient (Wildman–Crippen LogP) is 1.93. The van der Waals surface area contributed by atoms with Crippen molar-refractivity contribution in [3.8, 4) is 0 Å². The molecule has 0 aromatic carbocycles. The SMILES string of the molecule is Cc1nc2ccccn2c1C(=O)NCC(F)(F)F. The molecule has 18 heavy (non-hydrogen) atoms. The summed E-state index contributed by atoms with van der Waals surface area (Å²) in [6.07, 6.45) is -2.85. The first-order valence-corrected chi connectivity index (χ1v) is 5.17. The zero-order chi connectivity index (χ0) is 13.3. The van der Waals surface area contributed by atoms with Gasteiger partial charge in [-0.3, -0.25) is 9.20 Å². The maximum absolute atomic E-state index is 12.0. The fourth-order valence-electron chi connectivity index (χ4n) is 1.65. The Morgan fingerprint density at radius 3 is 2.83 bits per heavy atom. The molecule has 0 aliphatic heterocycles. The Kier molecular flexibility index (Phi) is 2.98. The number of hydrogen-bond acceptors (Lipinski definition) is 2. The largest absolute Gasteiger partial charge is 0.405 e. The van der Waals surface area contributed by atoms with E-state index < -0.39 is 18.6 Å². The molecule has 0 aliphatic rings. The van der Waals surface area contributed by atoms with Crippen LogP contribution in [0.25, 0.3) is 5.65 Å². The Balaban J connectivity index is 2.30. The Labute approximate surface area is 100 Å². The Bertz CT molecular complexity index is 589. The van der Waals surface area contributed by atoms with E-state index in [1.807, 2.05) is 5.32 Å². The second-order valence-electron chi connectivity index (χ2n) is 3.77. The third-order valence-electron chi connectivity index (χ3n) is 2.37. The number of nitrogens with one attached hydrogen (secondary N) is 1. The average Bonchev–Trinajstić information content (AvgIpc) is 2.61. The normalized spacial score (nSPS) is 11.8. The van der Waals surface area contributed by atoms with Gasteiger partial charge in [-0.25, -0.2) is 4.98 Å². The van der Waals surface area contributed by atoms with E-state index in [4.69, 9.17) is 0 Å². The summed E-state index contributed by atoms with van der Waals surface area (Å²) in [5.41, 5.74) is 1.03. The minimum Gasteiger partial charge on any atom is -0.342 e. The number of halogens is 3. The summed E-state index contributed by atoms with van der Waals surface area (Å²) in [5, 5.41) is 1.83. The molecule has 0 fully saturated rings. The molecule has 0 unspecified atom stereocenters. The van der Waals surface area contributed by atoms with Crippen molar-refractivity contribution in [2.45, 2.75) is 13.1 Å². The number of nitrogens with zero attached hydrogens (tertiary/aromatic N) is 2. The number of carbonyl (C=O) groups excluding carboxylic acids is 1. The highest BCUT2D eigenvalue weighted by atomic mass is 19.4. The van der Waals surface area contributed by atoms with Crippen molar-refractivity contribution in [3.63, 3.8) is 0 Å². The molecule has 0 radical (unpaired) electrons. The number of pyridine rings is 1. The average molecular weight is 257 g/mol. The minimum atomic E-state index is -4.43. The number of rotatable bonds is 2. The van der Waals surface area contributed by atoms with Crippen LogP contribution in [0.2, 0.25) is 0 Å². The fourth-order valence-corrected chi connectivity index (χ4v) is 1.65. The van der Waals surface area contributed by atoms with E-state index in [1.54, 1.807) is 31.3 Å². The minimum absolute atomic E-state index is 0.120. The van der Waals surface area contributed by atoms with Crippen LogP contribution in [-0.2, 0) is 0 Å². The summed E-state index contributed by atoms with van der Waals surface area (Å²) in [5.74, 6) is -0.788. The van der Waals surface area contributed by atoms with Crippen molar-refractivity contribution in [2.75, 3.05) is 6.54 Å². The molecule has 0 saturated heterocycles. The van der Waals surface area contributed by atoms with Crippen LogP contribution in [0.15, 0.2) is 24.4 Å². The Morgan fingerprint density at radius 1 is 1.44 bits per heavy atom. The zero-order valence-corrected chi connectivity index (χ0v) is 9.45. The lowest BCUT2D eigenvalue weighted by Gasteiger charge is -2.08. The molecule has 1 amide bonds. The van der Waals surface area contributed by atoms with Crippen LogP contribution in [0.5, 0.6) is 0 Å². The summed E-state index contributed by atoms with van der Waals surface area (Å²) < 4.78 is 37.6. The molecule has 4 nitrogen and oxygen atoms in total. The summed E-state index contributed by atoms with van der Waals surface area (Å²) in [7, 11) is 0. The lowest BCUT2D eigenvalue weighted by Crippen LogP contribution is -2.34. The molecule has 7 heteroatoms. The third kappa shape index (κ3) is 2.44. The van der Waals surface area contributed by atoms with Crippen molar-refractivity contribution in [1.82, 2.24) is 14.7 Å². The molecule has 2 aromatic rings. The molecule has 1 N–H and O–H groups in total. The summed E-state index contributed by atoms with van der Waals surface area (Å²) >= 11 is 0. The molecule has 2 rings (SSSR count). The van der Waals surface area contributed by atoms with E-state index >= 15 is 0 Å². The number of aryl methyl sites for hydroxylation is 1. The van der Waals surface area contributed by atoms with Gasteiger partial charge in [0.1, 0.15) is 17.9 Å². The zero-order valence-electron chi connectivity index (χ0n) is 9.45. The summed E-state index contributed by atoms with van der Waals surface area (Å²) in [4.78, 5) is 15.8. The molecule has 0 aliphatic carbocycles. The predicted molar refractivity (Wildman–Crippen MR) is 58.3 cm³/mol. The van der Waals surface area contributed by atoms with Gasteiger partial charge in [0, 0.05) is 6.20 Å². The van der Waals surface area contributed by atoms with E-state index in [1.165, 1.54) is 4.40 Å². The molecule has 0 saturated carbocycles. The number of amides is 1. The molecule has 2 heterocycles. The molecule has 96 valence electrons. The van der Waals surface area contributed by atoms with Crippen molar-refractivity contribution in [1.29, 1.82) is 0 Å².